The fraction of sp³-hybridized carbons (Fsp3) is 0.500. The minimum atomic E-state index is -0.314. The monoisotopic (exact) mass is 330 g/mol. The number of rotatable bonds is 5. The van der Waals surface area contributed by atoms with E-state index in [-0.39, 0.29) is 23.0 Å². The molecule has 1 atom stereocenters. The SMILES string of the molecule is CCN(Cc1nc2ccccc2c(=O)[nH]1)C(C)C(=O)NC(C)(C)C. The molecule has 0 spiro atoms. The Morgan fingerprint density at radius 1 is 1.33 bits per heavy atom. The average Bonchev–Trinajstić information content (AvgIpc) is 2.50. The zero-order valence-electron chi connectivity index (χ0n) is 15.0. The molecule has 0 saturated heterocycles. The maximum atomic E-state index is 12.4. The van der Waals surface area contributed by atoms with Gasteiger partial charge >= 0.3 is 0 Å². The van der Waals surface area contributed by atoms with E-state index in [0.29, 0.717) is 29.8 Å². The average molecular weight is 330 g/mol. The smallest absolute Gasteiger partial charge is 0.258 e. The van der Waals surface area contributed by atoms with E-state index in [1.165, 1.54) is 0 Å². The summed E-state index contributed by atoms with van der Waals surface area (Å²) >= 11 is 0. The van der Waals surface area contributed by atoms with Gasteiger partial charge in [0.25, 0.3) is 5.56 Å². The predicted octanol–water partition coefficient (Wildman–Crippen LogP) is 2.05. The van der Waals surface area contributed by atoms with Crippen molar-refractivity contribution in [1.82, 2.24) is 20.2 Å². The summed E-state index contributed by atoms with van der Waals surface area (Å²) in [5, 5.41) is 3.56. The predicted molar refractivity (Wildman–Crippen MR) is 95.8 cm³/mol. The number of para-hydroxylation sites is 1. The molecule has 0 saturated carbocycles. The second-order valence-electron chi connectivity index (χ2n) is 7.01. The summed E-state index contributed by atoms with van der Waals surface area (Å²) in [6.45, 7) is 10.8. The van der Waals surface area contributed by atoms with Crippen molar-refractivity contribution < 1.29 is 4.79 Å². The molecule has 24 heavy (non-hydrogen) atoms. The van der Waals surface area contributed by atoms with Crippen molar-refractivity contribution >= 4 is 16.8 Å². The number of H-pyrrole nitrogens is 1. The van der Waals surface area contributed by atoms with E-state index in [1.807, 2.05) is 57.7 Å². The molecule has 0 aliphatic heterocycles. The molecule has 1 unspecified atom stereocenters. The summed E-state index contributed by atoms with van der Waals surface area (Å²) in [6, 6.07) is 6.93. The summed E-state index contributed by atoms with van der Waals surface area (Å²) in [6.07, 6.45) is 0. The lowest BCUT2D eigenvalue weighted by molar-refractivity contribution is -0.127. The molecule has 130 valence electrons. The molecule has 2 N–H and O–H groups in total. The number of nitrogens with one attached hydrogen (secondary N) is 2. The molecule has 0 aliphatic carbocycles. The van der Waals surface area contributed by atoms with Gasteiger partial charge in [-0.05, 0) is 46.4 Å². The van der Waals surface area contributed by atoms with Crippen LogP contribution in [-0.2, 0) is 11.3 Å². The molecule has 2 aromatic rings. The lowest BCUT2D eigenvalue weighted by Gasteiger charge is -2.30. The largest absolute Gasteiger partial charge is 0.350 e. The summed E-state index contributed by atoms with van der Waals surface area (Å²) in [5.74, 6) is 0.531. The molecular weight excluding hydrogens is 304 g/mol. The van der Waals surface area contributed by atoms with Crippen LogP contribution in [0.5, 0.6) is 0 Å². The van der Waals surface area contributed by atoms with E-state index >= 15 is 0 Å². The number of aromatic amines is 1. The topological polar surface area (TPSA) is 78.1 Å². The van der Waals surface area contributed by atoms with Gasteiger partial charge in [-0.15, -0.1) is 0 Å². The van der Waals surface area contributed by atoms with Gasteiger partial charge in [-0.3, -0.25) is 14.5 Å². The minimum absolute atomic E-state index is 0.0347. The number of nitrogens with zero attached hydrogens (tertiary/aromatic N) is 2. The van der Waals surface area contributed by atoms with Gasteiger partial charge in [0, 0.05) is 5.54 Å². The van der Waals surface area contributed by atoms with Gasteiger partial charge in [-0.25, -0.2) is 4.98 Å². The van der Waals surface area contributed by atoms with Crippen LogP contribution in [0.15, 0.2) is 29.1 Å². The standard InChI is InChI=1S/C18H26N4O2/c1-6-22(12(2)16(23)21-18(3,4)5)11-15-19-14-10-8-7-9-13(14)17(24)20-15/h7-10,12H,6,11H2,1-5H3,(H,21,23)(H,19,20,24). The maximum Gasteiger partial charge on any atom is 0.258 e. The number of carbonyl (C=O) groups is 1. The van der Waals surface area contributed by atoms with Crippen LogP contribution in [0.2, 0.25) is 0 Å². The van der Waals surface area contributed by atoms with Gasteiger partial charge < -0.3 is 10.3 Å². The second kappa shape index (κ2) is 7.13. The van der Waals surface area contributed by atoms with Crippen molar-refractivity contribution in [3.05, 3.63) is 40.4 Å². The lowest BCUT2D eigenvalue weighted by Crippen LogP contribution is -2.50. The Hall–Kier alpha value is -2.21. The highest BCUT2D eigenvalue weighted by Gasteiger charge is 2.24. The van der Waals surface area contributed by atoms with E-state index in [2.05, 4.69) is 15.3 Å². The third-order valence-corrected chi connectivity index (χ3v) is 3.85. The van der Waals surface area contributed by atoms with Gasteiger partial charge in [0.2, 0.25) is 5.91 Å². The molecular formula is C18H26N4O2. The summed E-state index contributed by atoms with van der Waals surface area (Å²) in [4.78, 5) is 33.9. The molecule has 1 aromatic heterocycles. The first kappa shape index (κ1) is 18.1. The lowest BCUT2D eigenvalue weighted by atomic mass is 10.1. The zero-order chi connectivity index (χ0) is 17.9. The van der Waals surface area contributed by atoms with Gasteiger partial charge in [0.05, 0.1) is 23.5 Å². The molecule has 0 fully saturated rings. The van der Waals surface area contributed by atoms with Crippen LogP contribution in [0.3, 0.4) is 0 Å². The summed E-state index contributed by atoms with van der Waals surface area (Å²) in [7, 11) is 0. The number of hydrogen-bond acceptors (Lipinski definition) is 4. The first-order valence-electron chi connectivity index (χ1n) is 8.25. The number of likely N-dealkylation sites (N-methyl/N-ethyl adjacent to an activating group) is 1. The Bertz CT molecular complexity index is 776. The Balaban J connectivity index is 2.21. The van der Waals surface area contributed by atoms with Gasteiger partial charge in [0.15, 0.2) is 0 Å². The first-order valence-corrected chi connectivity index (χ1v) is 8.25. The van der Waals surface area contributed by atoms with Crippen molar-refractivity contribution in [3.8, 4) is 0 Å². The molecule has 1 aromatic carbocycles. The summed E-state index contributed by atoms with van der Waals surface area (Å²) in [5.41, 5.74) is 0.234. The molecule has 1 amide bonds. The molecule has 6 heteroatoms. The van der Waals surface area contributed by atoms with Crippen molar-refractivity contribution in [2.24, 2.45) is 0 Å². The highest BCUT2D eigenvalue weighted by molar-refractivity contribution is 5.82. The molecule has 0 radical (unpaired) electrons. The van der Waals surface area contributed by atoms with Crippen LogP contribution in [0.4, 0.5) is 0 Å². The molecule has 0 bridgehead atoms. The van der Waals surface area contributed by atoms with Crippen LogP contribution in [0.1, 0.15) is 40.4 Å². The highest BCUT2D eigenvalue weighted by Crippen LogP contribution is 2.10. The first-order chi connectivity index (χ1) is 11.2. The quantitative estimate of drug-likeness (QED) is 0.879. The number of hydrogen-bond donors (Lipinski definition) is 2. The van der Waals surface area contributed by atoms with Gasteiger partial charge in [-0.1, -0.05) is 19.1 Å². The number of aromatic nitrogens is 2. The Kier molecular flexibility index (Phi) is 5.39. The number of fused-ring (bicyclic) bond motifs is 1. The Labute approximate surface area is 142 Å². The number of amides is 1. The van der Waals surface area contributed by atoms with Crippen molar-refractivity contribution in [2.45, 2.75) is 52.7 Å². The van der Waals surface area contributed by atoms with E-state index < -0.39 is 0 Å². The second-order valence-corrected chi connectivity index (χ2v) is 7.01. The van der Waals surface area contributed by atoms with Crippen LogP contribution in [0.25, 0.3) is 10.9 Å². The van der Waals surface area contributed by atoms with Crippen molar-refractivity contribution in [1.29, 1.82) is 0 Å². The van der Waals surface area contributed by atoms with Crippen LogP contribution < -0.4 is 10.9 Å². The van der Waals surface area contributed by atoms with Crippen LogP contribution >= 0.6 is 0 Å². The molecule has 1 heterocycles. The fourth-order valence-electron chi connectivity index (χ4n) is 2.56. The third kappa shape index (κ3) is 4.41. The normalized spacial score (nSPS) is 13.2. The highest BCUT2D eigenvalue weighted by atomic mass is 16.2. The Morgan fingerprint density at radius 2 is 2.00 bits per heavy atom. The Morgan fingerprint density at radius 3 is 2.62 bits per heavy atom. The summed E-state index contributed by atoms with van der Waals surface area (Å²) < 4.78 is 0. The third-order valence-electron chi connectivity index (χ3n) is 3.85. The van der Waals surface area contributed by atoms with E-state index in [4.69, 9.17) is 0 Å². The molecule has 6 nitrogen and oxygen atoms in total. The van der Waals surface area contributed by atoms with Crippen molar-refractivity contribution in [3.63, 3.8) is 0 Å². The minimum Gasteiger partial charge on any atom is -0.350 e. The van der Waals surface area contributed by atoms with Gasteiger partial charge in [0.1, 0.15) is 5.82 Å². The van der Waals surface area contributed by atoms with E-state index in [0.717, 1.165) is 0 Å². The van der Waals surface area contributed by atoms with Crippen LogP contribution in [0, 0.1) is 0 Å². The molecule has 0 aliphatic rings. The van der Waals surface area contributed by atoms with Crippen molar-refractivity contribution in [2.75, 3.05) is 6.54 Å². The van der Waals surface area contributed by atoms with E-state index in [1.54, 1.807) is 6.07 Å². The molecule has 2 rings (SSSR count). The number of benzene rings is 1. The number of carbonyl (C=O) groups excluding carboxylic acids is 1. The fourth-order valence-corrected chi connectivity index (χ4v) is 2.56. The van der Waals surface area contributed by atoms with Crippen LogP contribution in [-0.4, -0.2) is 38.9 Å². The van der Waals surface area contributed by atoms with E-state index in [9.17, 15) is 9.59 Å². The zero-order valence-corrected chi connectivity index (χ0v) is 15.0. The van der Waals surface area contributed by atoms with Gasteiger partial charge in [-0.2, -0.15) is 0 Å². The maximum absolute atomic E-state index is 12.4.